The van der Waals surface area contributed by atoms with Crippen LogP contribution in [0.3, 0.4) is 0 Å². The van der Waals surface area contributed by atoms with Crippen LogP contribution in [0.5, 0.6) is 5.75 Å². The second-order valence-corrected chi connectivity index (χ2v) is 9.10. The fourth-order valence-electron chi connectivity index (χ4n) is 4.19. The summed E-state index contributed by atoms with van der Waals surface area (Å²) in [6, 6.07) is 9.67. The number of hydrogen-bond acceptors (Lipinski definition) is 8. The average molecular weight is 494 g/mol. The van der Waals surface area contributed by atoms with E-state index in [9.17, 15) is 4.79 Å². The second-order valence-electron chi connectivity index (χ2n) is 9.10. The Morgan fingerprint density at radius 3 is 2.83 bits per heavy atom. The van der Waals surface area contributed by atoms with Gasteiger partial charge in [0.2, 0.25) is 0 Å². The van der Waals surface area contributed by atoms with Crippen molar-refractivity contribution in [1.29, 1.82) is 0 Å². The summed E-state index contributed by atoms with van der Waals surface area (Å²) in [7, 11) is 0. The number of aromatic nitrogens is 3. The third-order valence-electron chi connectivity index (χ3n) is 6.22. The van der Waals surface area contributed by atoms with E-state index in [0.717, 1.165) is 74.9 Å². The molecule has 1 saturated heterocycles. The maximum absolute atomic E-state index is 12.4. The number of carbonyl (C=O) groups is 1. The van der Waals surface area contributed by atoms with E-state index in [1.165, 1.54) is 6.26 Å². The molecule has 0 spiro atoms. The van der Waals surface area contributed by atoms with E-state index in [2.05, 4.69) is 27.3 Å². The molecule has 3 aromatic rings. The van der Waals surface area contributed by atoms with Crippen molar-refractivity contribution in [3.63, 3.8) is 0 Å². The number of carbonyl (C=O) groups excluding carboxylic acids is 1. The number of ether oxygens (including phenoxy) is 2. The Balaban J connectivity index is 1.26. The molecule has 2 atom stereocenters. The minimum Gasteiger partial charge on any atom is -0.489 e. The molecule has 1 aliphatic rings. The average Bonchev–Trinajstić information content (AvgIpc) is 3.53. The number of rotatable bonds is 12. The lowest BCUT2D eigenvalue weighted by molar-refractivity contribution is 0.0938. The molecule has 1 aliphatic heterocycles. The van der Waals surface area contributed by atoms with Gasteiger partial charge in [0.25, 0.3) is 5.91 Å². The van der Waals surface area contributed by atoms with E-state index >= 15 is 0 Å². The summed E-state index contributed by atoms with van der Waals surface area (Å²) in [6.07, 6.45) is 6.99. The Bertz CT molecular complexity index is 1120. The van der Waals surface area contributed by atoms with Gasteiger partial charge in [0.15, 0.2) is 0 Å². The molecule has 1 N–H and O–H groups in total. The number of amides is 1. The standard InChI is InChI=1S/C27H35N5O4/c1-4-15-34-16-5-6-25-28-13-11-26(30-25)32-14-12-23(17-32)36-22-9-7-21(8-10-22)19(2)29-27(33)24-18-35-31-20(24)3/h7-11,13,18-19,23H,4-6,12,14-17H2,1-3H3,(H,29,33)/t19-,23+/m0/s1. The topological polar surface area (TPSA) is 103 Å². The summed E-state index contributed by atoms with van der Waals surface area (Å²) in [4.78, 5) is 23.8. The first-order chi connectivity index (χ1) is 17.5. The lowest BCUT2D eigenvalue weighted by atomic mass is 10.1. The summed E-state index contributed by atoms with van der Waals surface area (Å²) < 4.78 is 16.7. The van der Waals surface area contributed by atoms with Crippen LogP contribution >= 0.6 is 0 Å². The molecule has 192 valence electrons. The van der Waals surface area contributed by atoms with Crippen LogP contribution in [-0.4, -0.2) is 53.4 Å². The van der Waals surface area contributed by atoms with Gasteiger partial charge in [-0.1, -0.05) is 24.2 Å². The van der Waals surface area contributed by atoms with Gasteiger partial charge in [-0.15, -0.1) is 0 Å². The first kappa shape index (κ1) is 25.6. The maximum atomic E-state index is 12.4. The van der Waals surface area contributed by atoms with Gasteiger partial charge in [0, 0.05) is 38.8 Å². The molecule has 0 saturated carbocycles. The predicted molar refractivity (Wildman–Crippen MR) is 136 cm³/mol. The maximum Gasteiger partial charge on any atom is 0.256 e. The molecule has 0 aliphatic carbocycles. The fraction of sp³-hybridized carbons (Fsp3) is 0.481. The van der Waals surface area contributed by atoms with E-state index < -0.39 is 0 Å². The number of nitrogens with zero attached hydrogens (tertiary/aromatic N) is 4. The van der Waals surface area contributed by atoms with E-state index in [4.69, 9.17) is 19.0 Å². The van der Waals surface area contributed by atoms with Crippen LogP contribution in [0.2, 0.25) is 0 Å². The van der Waals surface area contributed by atoms with E-state index in [1.54, 1.807) is 6.92 Å². The van der Waals surface area contributed by atoms with Crippen molar-refractivity contribution in [2.45, 2.75) is 58.6 Å². The Hall–Kier alpha value is -3.46. The van der Waals surface area contributed by atoms with Gasteiger partial charge in [0.1, 0.15) is 35.3 Å². The first-order valence-electron chi connectivity index (χ1n) is 12.7. The van der Waals surface area contributed by atoms with Crippen molar-refractivity contribution in [3.05, 3.63) is 65.4 Å². The van der Waals surface area contributed by atoms with Crippen LogP contribution < -0.4 is 15.0 Å². The summed E-state index contributed by atoms with van der Waals surface area (Å²) in [5.74, 6) is 2.41. The lowest BCUT2D eigenvalue weighted by Gasteiger charge is -2.19. The number of benzene rings is 1. The third kappa shape index (κ3) is 6.81. The quantitative estimate of drug-likeness (QED) is 0.373. The van der Waals surface area contributed by atoms with Crippen LogP contribution in [0.1, 0.15) is 66.6 Å². The first-order valence-corrected chi connectivity index (χ1v) is 12.7. The van der Waals surface area contributed by atoms with Crippen molar-refractivity contribution < 1.29 is 18.8 Å². The summed E-state index contributed by atoms with van der Waals surface area (Å²) in [6.45, 7) is 9.02. The molecule has 0 radical (unpaired) electrons. The largest absolute Gasteiger partial charge is 0.489 e. The SMILES string of the molecule is CCCOCCCc1nccc(N2CC[C@@H](Oc3ccc([C@H](C)NC(=O)c4conc4C)cc3)C2)n1. The fourth-order valence-corrected chi connectivity index (χ4v) is 4.19. The van der Waals surface area contributed by atoms with Crippen molar-refractivity contribution in [2.75, 3.05) is 31.2 Å². The molecule has 4 rings (SSSR count). The van der Waals surface area contributed by atoms with E-state index in [-0.39, 0.29) is 18.1 Å². The summed E-state index contributed by atoms with van der Waals surface area (Å²) in [5, 5.41) is 6.74. The van der Waals surface area contributed by atoms with Crippen molar-refractivity contribution >= 4 is 11.7 Å². The minimum absolute atomic E-state index is 0.0883. The molecule has 9 nitrogen and oxygen atoms in total. The molecular weight excluding hydrogens is 458 g/mol. The van der Waals surface area contributed by atoms with Crippen LogP contribution in [0.25, 0.3) is 0 Å². The molecule has 3 heterocycles. The van der Waals surface area contributed by atoms with Crippen molar-refractivity contribution in [1.82, 2.24) is 20.4 Å². The van der Waals surface area contributed by atoms with Crippen molar-refractivity contribution in [3.8, 4) is 5.75 Å². The molecule has 2 aromatic heterocycles. The lowest BCUT2D eigenvalue weighted by Crippen LogP contribution is -2.27. The molecule has 1 fully saturated rings. The highest BCUT2D eigenvalue weighted by Gasteiger charge is 2.25. The second kappa shape index (κ2) is 12.5. The zero-order chi connectivity index (χ0) is 25.3. The minimum atomic E-state index is -0.203. The number of nitrogens with one attached hydrogen (secondary N) is 1. The summed E-state index contributed by atoms with van der Waals surface area (Å²) in [5.41, 5.74) is 2.01. The van der Waals surface area contributed by atoms with Gasteiger partial charge in [-0.25, -0.2) is 9.97 Å². The molecule has 1 amide bonds. The van der Waals surface area contributed by atoms with Crippen LogP contribution in [-0.2, 0) is 11.2 Å². The molecule has 0 unspecified atom stereocenters. The normalized spacial score (nSPS) is 16.2. The Morgan fingerprint density at radius 1 is 1.25 bits per heavy atom. The smallest absolute Gasteiger partial charge is 0.256 e. The zero-order valence-corrected chi connectivity index (χ0v) is 21.3. The van der Waals surface area contributed by atoms with E-state index in [1.807, 2.05) is 43.5 Å². The number of anilines is 1. The summed E-state index contributed by atoms with van der Waals surface area (Å²) >= 11 is 0. The predicted octanol–water partition coefficient (Wildman–Crippen LogP) is 4.28. The Labute approximate surface area is 212 Å². The molecule has 0 bridgehead atoms. The van der Waals surface area contributed by atoms with Gasteiger partial charge in [-0.2, -0.15) is 0 Å². The molecule has 9 heteroatoms. The third-order valence-corrected chi connectivity index (χ3v) is 6.22. The zero-order valence-electron chi connectivity index (χ0n) is 21.3. The Kier molecular flexibility index (Phi) is 8.89. The van der Waals surface area contributed by atoms with Crippen LogP contribution in [0.4, 0.5) is 5.82 Å². The van der Waals surface area contributed by atoms with Gasteiger partial charge >= 0.3 is 0 Å². The van der Waals surface area contributed by atoms with Gasteiger partial charge in [0.05, 0.1) is 18.3 Å². The molecule has 1 aromatic carbocycles. The highest BCUT2D eigenvalue weighted by molar-refractivity contribution is 5.95. The van der Waals surface area contributed by atoms with Gasteiger partial charge in [-0.05, 0) is 50.5 Å². The number of aryl methyl sites for hydroxylation is 2. The molecular formula is C27H35N5O4. The number of hydrogen-bond donors (Lipinski definition) is 1. The monoisotopic (exact) mass is 493 g/mol. The van der Waals surface area contributed by atoms with E-state index in [0.29, 0.717) is 11.3 Å². The van der Waals surface area contributed by atoms with Crippen LogP contribution in [0, 0.1) is 6.92 Å². The van der Waals surface area contributed by atoms with Crippen molar-refractivity contribution in [2.24, 2.45) is 0 Å². The Morgan fingerprint density at radius 2 is 2.08 bits per heavy atom. The highest BCUT2D eigenvalue weighted by atomic mass is 16.5. The van der Waals surface area contributed by atoms with Crippen LogP contribution in [0.15, 0.2) is 47.3 Å². The highest BCUT2D eigenvalue weighted by Crippen LogP contribution is 2.24. The van der Waals surface area contributed by atoms with Gasteiger partial charge in [-0.3, -0.25) is 4.79 Å². The molecule has 36 heavy (non-hydrogen) atoms. The van der Waals surface area contributed by atoms with Gasteiger partial charge < -0.3 is 24.2 Å².